The van der Waals surface area contributed by atoms with Gasteiger partial charge in [0.15, 0.2) is 0 Å². The number of hydrogen-bond acceptors (Lipinski definition) is 2. The molecule has 0 bridgehead atoms. The summed E-state index contributed by atoms with van der Waals surface area (Å²) in [6, 6.07) is 44.9. The molecule has 4 nitrogen and oxygen atoms in total. The lowest BCUT2D eigenvalue weighted by Gasteiger charge is -2.19. The summed E-state index contributed by atoms with van der Waals surface area (Å²) < 4.78 is 31.5. The monoisotopic (exact) mass is 680 g/mol. The maximum atomic E-state index is 15.3. The Hall–Kier alpha value is -6.40. The van der Waals surface area contributed by atoms with Crippen LogP contribution in [0.25, 0.3) is 83.4 Å². The molecular weight excluding hydrogens is 647 g/mol. The van der Waals surface area contributed by atoms with Crippen LogP contribution in [0, 0.1) is 11.6 Å². The minimum Gasteiger partial charge on any atom is -0.340 e. The van der Waals surface area contributed by atoms with Crippen LogP contribution in [-0.2, 0) is 5.41 Å². The first kappa shape index (κ1) is 31.6. The summed E-state index contributed by atoms with van der Waals surface area (Å²) >= 11 is 0. The first-order valence-corrected chi connectivity index (χ1v) is 17.4. The van der Waals surface area contributed by atoms with E-state index >= 15 is 4.39 Å². The second-order valence-corrected chi connectivity index (χ2v) is 14.3. The lowest BCUT2D eigenvalue weighted by atomic mass is 9.86. The zero-order valence-corrected chi connectivity index (χ0v) is 29.0. The van der Waals surface area contributed by atoms with Crippen LogP contribution in [0.1, 0.15) is 26.3 Å². The number of aromatic amines is 1. The van der Waals surface area contributed by atoms with Crippen LogP contribution in [0.4, 0.5) is 8.78 Å². The van der Waals surface area contributed by atoms with Crippen LogP contribution in [0.3, 0.4) is 0 Å². The van der Waals surface area contributed by atoms with Crippen molar-refractivity contribution in [2.24, 2.45) is 0 Å². The quantitative estimate of drug-likeness (QED) is 0.197. The van der Waals surface area contributed by atoms with Crippen molar-refractivity contribution in [3.63, 3.8) is 0 Å². The molecule has 1 N–H and O–H groups in total. The van der Waals surface area contributed by atoms with Gasteiger partial charge in [-0.1, -0.05) is 87.5 Å². The van der Waals surface area contributed by atoms with Gasteiger partial charge in [-0.15, -0.1) is 0 Å². The van der Waals surface area contributed by atoms with E-state index in [0.717, 1.165) is 72.7 Å². The van der Waals surface area contributed by atoms with E-state index < -0.39 is 11.6 Å². The third kappa shape index (κ3) is 5.35. The Bertz CT molecular complexity index is 2790. The predicted molar refractivity (Wildman–Crippen MR) is 209 cm³/mol. The van der Waals surface area contributed by atoms with Crippen LogP contribution in [0.15, 0.2) is 146 Å². The molecule has 6 heteroatoms. The zero-order chi connectivity index (χ0) is 35.6. The SMILES string of the molecule is CC(C)(C)c1ccc2c(c1)c1ccc(-c3cc(-c4ccccn4)cc(-c4ccc(F)cc4F)c3)nc1n2-c1[nH]c(-c2ccccc2)c2ccccc12. The van der Waals surface area contributed by atoms with Gasteiger partial charge in [0.25, 0.3) is 0 Å². The minimum atomic E-state index is -0.629. The molecule has 0 spiro atoms. The summed E-state index contributed by atoms with van der Waals surface area (Å²) in [7, 11) is 0. The predicted octanol–water partition coefficient (Wildman–Crippen LogP) is 12.3. The minimum absolute atomic E-state index is 0.0481. The summed E-state index contributed by atoms with van der Waals surface area (Å²) in [6.45, 7) is 6.68. The van der Waals surface area contributed by atoms with Crippen molar-refractivity contribution in [1.29, 1.82) is 0 Å². The molecule has 0 saturated carbocycles. The highest BCUT2D eigenvalue weighted by Gasteiger charge is 2.23. The second-order valence-electron chi connectivity index (χ2n) is 14.3. The molecule has 0 unspecified atom stereocenters. The number of benzene rings is 5. The summed E-state index contributed by atoms with van der Waals surface area (Å²) in [5.74, 6) is -0.321. The van der Waals surface area contributed by atoms with Crippen molar-refractivity contribution in [3.05, 3.63) is 163 Å². The molecule has 9 aromatic rings. The van der Waals surface area contributed by atoms with Gasteiger partial charge in [0.05, 0.1) is 22.6 Å². The molecular formula is C46H34F2N4. The largest absolute Gasteiger partial charge is 0.340 e. The van der Waals surface area contributed by atoms with Gasteiger partial charge < -0.3 is 4.98 Å². The van der Waals surface area contributed by atoms with Gasteiger partial charge in [-0.3, -0.25) is 9.55 Å². The van der Waals surface area contributed by atoms with E-state index in [4.69, 9.17) is 4.98 Å². The third-order valence-electron chi connectivity index (χ3n) is 9.89. The Morgan fingerprint density at radius 2 is 1.31 bits per heavy atom. The molecule has 0 fully saturated rings. The molecule has 0 atom stereocenters. The fraction of sp³-hybridized carbons (Fsp3) is 0.0870. The molecule has 0 aliphatic heterocycles. The van der Waals surface area contributed by atoms with Gasteiger partial charge in [0, 0.05) is 50.5 Å². The lowest BCUT2D eigenvalue weighted by Crippen LogP contribution is -2.10. The number of H-pyrrole nitrogens is 1. The number of nitrogens with zero attached hydrogens (tertiary/aromatic N) is 3. The Labute approximate surface area is 300 Å². The molecule has 4 heterocycles. The zero-order valence-electron chi connectivity index (χ0n) is 29.0. The highest BCUT2D eigenvalue weighted by atomic mass is 19.1. The lowest BCUT2D eigenvalue weighted by molar-refractivity contribution is 0.585. The Morgan fingerprint density at radius 1 is 0.577 bits per heavy atom. The van der Waals surface area contributed by atoms with Gasteiger partial charge in [-0.2, -0.15) is 0 Å². The van der Waals surface area contributed by atoms with Crippen LogP contribution < -0.4 is 0 Å². The molecule has 0 amide bonds. The Kier molecular flexibility index (Phi) is 7.37. The molecule has 52 heavy (non-hydrogen) atoms. The van der Waals surface area contributed by atoms with Crippen LogP contribution in [-0.4, -0.2) is 19.5 Å². The summed E-state index contributed by atoms with van der Waals surface area (Å²) in [6.07, 6.45) is 1.74. The molecule has 252 valence electrons. The highest BCUT2D eigenvalue weighted by molar-refractivity contribution is 6.11. The van der Waals surface area contributed by atoms with E-state index in [-0.39, 0.29) is 5.41 Å². The maximum Gasteiger partial charge on any atom is 0.147 e. The Morgan fingerprint density at radius 3 is 2.06 bits per heavy atom. The van der Waals surface area contributed by atoms with E-state index in [9.17, 15) is 4.39 Å². The number of hydrogen-bond donors (Lipinski definition) is 1. The fourth-order valence-corrected chi connectivity index (χ4v) is 7.25. The fourth-order valence-electron chi connectivity index (χ4n) is 7.25. The maximum absolute atomic E-state index is 15.3. The van der Waals surface area contributed by atoms with E-state index in [1.807, 2.05) is 48.5 Å². The number of fused-ring (bicyclic) bond motifs is 4. The molecule has 0 aliphatic rings. The van der Waals surface area contributed by atoms with Crippen LogP contribution in [0.2, 0.25) is 0 Å². The van der Waals surface area contributed by atoms with E-state index in [0.29, 0.717) is 16.8 Å². The van der Waals surface area contributed by atoms with Gasteiger partial charge in [0.2, 0.25) is 0 Å². The number of rotatable bonds is 5. The van der Waals surface area contributed by atoms with Gasteiger partial charge in [-0.25, -0.2) is 13.8 Å². The number of aromatic nitrogens is 4. The molecule has 0 radical (unpaired) electrons. The van der Waals surface area contributed by atoms with Crippen molar-refractivity contribution in [2.75, 3.05) is 0 Å². The normalized spacial score (nSPS) is 11.9. The average Bonchev–Trinajstić information content (AvgIpc) is 3.70. The van der Waals surface area contributed by atoms with E-state index in [1.54, 1.807) is 6.20 Å². The molecule has 0 aliphatic carbocycles. The average molecular weight is 681 g/mol. The standard InChI is InChI=1S/C46H34F2N4/c1-46(2,3)32-16-21-42-38(26-32)37-19-20-41(31-24-29(34-18-17-33(47)27-39(34)48)23-30(25-31)40-15-9-10-22-49-40)50-44(37)52(42)45-36-14-8-7-13-35(36)43(51-45)28-11-5-4-6-12-28/h4-27,51H,1-3H3. The summed E-state index contributed by atoms with van der Waals surface area (Å²) in [4.78, 5) is 13.8. The first-order valence-electron chi connectivity index (χ1n) is 17.4. The molecule has 0 saturated heterocycles. The smallest absolute Gasteiger partial charge is 0.147 e. The summed E-state index contributed by atoms with van der Waals surface area (Å²) in [5.41, 5.74) is 9.11. The van der Waals surface area contributed by atoms with Crippen molar-refractivity contribution in [2.45, 2.75) is 26.2 Å². The van der Waals surface area contributed by atoms with E-state index in [2.05, 4.69) is 108 Å². The van der Waals surface area contributed by atoms with Crippen molar-refractivity contribution in [3.8, 4) is 50.7 Å². The van der Waals surface area contributed by atoms with Crippen molar-refractivity contribution in [1.82, 2.24) is 19.5 Å². The van der Waals surface area contributed by atoms with Crippen molar-refractivity contribution < 1.29 is 8.78 Å². The second kappa shape index (κ2) is 12.1. The first-order chi connectivity index (χ1) is 25.2. The topological polar surface area (TPSA) is 46.5 Å². The molecule has 5 aromatic carbocycles. The van der Waals surface area contributed by atoms with Crippen molar-refractivity contribution >= 4 is 32.7 Å². The van der Waals surface area contributed by atoms with Gasteiger partial charge in [-0.05, 0) is 88.8 Å². The van der Waals surface area contributed by atoms with E-state index in [1.165, 1.54) is 17.7 Å². The number of nitrogens with one attached hydrogen (secondary N) is 1. The van der Waals surface area contributed by atoms with Gasteiger partial charge in [0.1, 0.15) is 23.1 Å². The van der Waals surface area contributed by atoms with Crippen LogP contribution >= 0.6 is 0 Å². The summed E-state index contributed by atoms with van der Waals surface area (Å²) in [5, 5.41) is 4.34. The molecule has 4 aromatic heterocycles. The Balaban J connectivity index is 1.33. The number of pyridine rings is 2. The van der Waals surface area contributed by atoms with Crippen LogP contribution in [0.5, 0.6) is 0 Å². The number of halogens is 2. The molecule has 9 rings (SSSR count). The third-order valence-corrected chi connectivity index (χ3v) is 9.89. The van der Waals surface area contributed by atoms with Gasteiger partial charge >= 0.3 is 0 Å². The highest BCUT2D eigenvalue weighted by Crippen LogP contribution is 2.40.